The van der Waals surface area contributed by atoms with Crippen molar-refractivity contribution in [3.63, 3.8) is 0 Å². The predicted octanol–water partition coefficient (Wildman–Crippen LogP) is 1.15. The van der Waals surface area contributed by atoms with Crippen molar-refractivity contribution in [1.82, 2.24) is 4.98 Å². The van der Waals surface area contributed by atoms with E-state index in [0.717, 1.165) is 11.4 Å². The van der Waals surface area contributed by atoms with Gasteiger partial charge >= 0.3 is 0 Å². The van der Waals surface area contributed by atoms with Crippen LogP contribution in [-0.4, -0.2) is 17.4 Å². The van der Waals surface area contributed by atoms with E-state index >= 15 is 0 Å². The van der Waals surface area contributed by atoms with Crippen molar-refractivity contribution < 1.29 is 9.53 Å². The Balaban J connectivity index is 2.48. The highest BCUT2D eigenvalue weighted by atomic mass is 16.5. The highest BCUT2D eigenvalue weighted by Crippen LogP contribution is 2.28. The first-order chi connectivity index (χ1) is 5.79. The Labute approximate surface area is 70.4 Å². The van der Waals surface area contributed by atoms with Crippen LogP contribution in [-0.2, 0) is 4.79 Å². The number of nitrogens with zero attached hydrogens (tertiary/aromatic N) is 1. The molecule has 0 spiro atoms. The van der Waals surface area contributed by atoms with E-state index < -0.39 is 0 Å². The molecule has 2 rings (SSSR count). The Hall–Kier alpha value is -1.38. The Bertz CT molecular complexity index is 322. The van der Waals surface area contributed by atoms with E-state index in [0.29, 0.717) is 0 Å². The van der Waals surface area contributed by atoms with Gasteiger partial charge in [0.05, 0.1) is 11.6 Å². The summed E-state index contributed by atoms with van der Waals surface area (Å²) in [5, 5.41) is 0. The molecule has 0 radical (unpaired) electrons. The third kappa shape index (κ3) is 0.978. The molecular weight excluding hydrogens is 154 g/mol. The lowest BCUT2D eigenvalue weighted by molar-refractivity contribution is -0.123. The minimum atomic E-state index is -0.116. The molecule has 1 aliphatic heterocycles. The Morgan fingerprint density at radius 1 is 1.67 bits per heavy atom. The summed E-state index contributed by atoms with van der Waals surface area (Å²) in [6, 6.07) is 3.65. The smallest absolute Gasteiger partial charge is 0.179 e. The largest absolute Gasteiger partial charge is 0.484 e. The van der Waals surface area contributed by atoms with Crippen molar-refractivity contribution >= 4 is 5.78 Å². The van der Waals surface area contributed by atoms with Gasteiger partial charge in [0, 0.05) is 6.20 Å². The molecule has 0 saturated heterocycles. The number of fused-ring (bicyclic) bond motifs is 1. The number of rotatable bonds is 0. The van der Waals surface area contributed by atoms with Crippen LogP contribution < -0.4 is 4.74 Å². The molecule has 62 valence electrons. The van der Waals surface area contributed by atoms with E-state index in [1.165, 1.54) is 0 Å². The Morgan fingerprint density at radius 2 is 2.50 bits per heavy atom. The van der Waals surface area contributed by atoms with Crippen LogP contribution in [0.15, 0.2) is 18.3 Å². The maximum atomic E-state index is 11.2. The molecular formula is C9H9NO2. The first-order valence-corrected chi connectivity index (χ1v) is 3.89. The van der Waals surface area contributed by atoms with Gasteiger partial charge in [-0.05, 0) is 19.1 Å². The third-order valence-corrected chi connectivity index (χ3v) is 2.06. The lowest BCUT2D eigenvalue weighted by Crippen LogP contribution is -2.24. The fourth-order valence-electron chi connectivity index (χ4n) is 1.28. The Kier molecular flexibility index (Phi) is 1.57. The molecule has 0 saturated carbocycles. The second kappa shape index (κ2) is 2.59. The van der Waals surface area contributed by atoms with Gasteiger partial charge in [-0.25, -0.2) is 0 Å². The van der Waals surface area contributed by atoms with Gasteiger partial charge in [0.15, 0.2) is 5.78 Å². The van der Waals surface area contributed by atoms with Crippen LogP contribution >= 0.6 is 0 Å². The van der Waals surface area contributed by atoms with E-state index in [1.807, 2.05) is 13.0 Å². The van der Waals surface area contributed by atoms with Gasteiger partial charge in [0.25, 0.3) is 0 Å². The van der Waals surface area contributed by atoms with Crippen molar-refractivity contribution in [2.45, 2.75) is 12.8 Å². The molecule has 0 fully saturated rings. The number of ketones is 1. The third-order valence-electron chi connectivity index (χ3n) is 2.06. The maximum absolute atomic E-state index is 11.2. The molecule has 1 atom stereocenters. The summed E-state index contributed by atoms with van der Waals surface area (Å²) in [7, 11) is 0. The number of hydrogen-bond donors (Lipinski definition) is 0. The van der Waals surface area contributed by atoms with Crippen LogP contribution in [0.5, 0.6) is 5.75 Å². The summed E-state index contributed by atoms with van der Waals surface area (Å²) in [5.41, 5.74) is 0.758. The summed E-state index contributed by atoms with van der Waals surface area (Å²) in [4.78, 5) is 15.3. The first-order valence-electron chi connectivity index (χ1n) is 3.89. The van der Waals surface area contributed by atoms with E-state index in [2.05, 4.69) is 4.98 Å². The van der Waals surface area contributed by atoms with Crippen LogP contribution in [0.25, 0.3) is 0 Å². The molecule has 0 aromatic carbocycles. The summed E-state index contributed by atoms with van der Waals surface area (Å²) in [6.45, 7) is 2.04. The second-order valence-electron chi connectivity index (χ2n) is 2.86. The zero-order valence-electron chi connectivity index (χ0n) is 6.78. The quantitative estimate of drug-likeness (QED) is 0.575. The van der Waals surface area contributed by atoms with Gasteiger partial charge in [0.2, 0.25) is 0 Å². The number of hydrogen-bond acceptors (Lipinski definition) is 3. The van der Waals surface area contributed by atoms with Crippen molar-refractivity contribution in [1.29, 1.82) is 0 Å². The van der Waals surface area contributed by atoms with Gasteiger partial charge in [-0.2, -0.15) is 0 Å². The zero-order valence-corrected chi connectivity index (χ0v) is 6.78. The maximum Gasteiger partial charge on any atom is 0.179 e. The summed E-state index contributed by atoms with van der Waals surface area (Å²) >= 11 is 0. The average molecular weight is 163 g/mol. The average Bonchev–Trinajstić information content (AvgIpc) is 2.12. The molecule has 0 aliphatic carbocycles. The van der Waals surface area contributed by atoms with Gasteiger partial charge in [-0.3, -0.25) is 9.78 Å². The number of pyridine rings is 1. The number of Topliss-reactive ketones (excluding diaryl/α,β-unsaturated/α-hetero) is 1. The fourth-order valence-corrected chi connectivity index (χ4v) is 1.28. The van der Waals surface area contributed by atoms with Crippen LogP contribution in [0.2, 0.25) is 0 Å². The lowest BCUT2D eigenvalue weighted by atomic mass is 9.99. The highest BCUT2D eigenvalue weighted by Gasteiger charge is 2.25. The lowest BCUT2D eigenvalue weighted by Gasteiger charge is -2.19. The predicted molar refractivity (Wildman–Crippen MR) is 43.2 cm³/mol. The molecule has 0 bridgehead atoms. The number of carbonyl (C=O) groups is 1. The van der Waals surface area contributed by atoms with E-state index in [1.54, 1.807) is 12.3 Å². The molecule has 2 heterocycles. The van der Waals surface area contributed by atoms with Gasteiger partial charge < -0.3 is 4.74 Å². The minimum absolute atomic E-state index is 0.0983. The van der Waals surface area contributed by atoms with Gasteiger partial charge in [-0.15, -0.1) is 0 Å². The summed E-state index contributed by atoms with van der Waals surface area (Å²) in [5.74, 6) is 0.723. The van der Waals surface area contributed by atoms with Crippen LogP contribution in [0.3, 0.4) is 0 Å². The monoisotopic (exact) mass is 163 g/mol. The number of aromatic nitrogens is 1. The molecule has 1 aromatic rings. The molecule has 1 aliphatic rings. The highest BCUT2D eigenvalue weighted by molar-refractivity contribution is 5.88. The standard InChI is InChI=1S/C9H9NO2/c1-6-7(11)5-12-8-3-2-4-10-9(6)8/h2-4,6H,5H2,1H3. The van der Waals surface area contributed by atoms with Crippen LogP contribution in [0, 0.1) is 0 Å². The molecule has 3 nitrogen and oxygen atoms in total. The topological polar surface area (TPSA) is 39.2 Å². The molecule has 1 unspecified atom stereocenters. The molecule has 0 amide bonds. The van der Waals surface area contributed by atoms with Crippen LogP contribution in [0.1, 0.15) is 18.5 Å². The second-order valence-corrected chi connectivity index (χ2v) is 2.86. The van der Waals surface area contributed by atoms with Gasteiger partial charge in [0.1, 0.15) is 12.4 Å². The summed E-state index contributed by atoms with van der Waals surface area (Å²) in [6.07, 6.45) is 1.68. The number of carbonyl (C=O) groups excluding carboxylic acids is 1. The SMILES string of the molecule is CC1C(=O)COc2cccnc21. The van der Waals surface area contributed by atoms with E-state index in [9.17, 15) is 4.79 Å². The Morgan fingerprint density at radius 3 is 3.33 bits per heavy atom. The van der Waals surface area contributed by atoms with E-state index in [-0.39, 0.29) is 18.3 Å². The molecule has 12 heavy (non-hydrogen) atoms. The zero-order chi connectivity index (χ0) is 8.55. The van der Waals surface area contributed by atoms with Crippen molar-refractivity contribution in [2.24, 2.45) is 0 Å². The van der Waals surface area contributed by atoms with Crippen molar-refractivity contribution in [2.75, 3.05) is 6.61 Å². The molecule has 1 aromatic heterocycles. The normalized spacial score (nSPS) is 21.4. The first kappa shape index (κ1) is 7.28. The molecule has 3 heteroatoms. The minimum Gasteiger partial charge on any atom is -0.484 e. The summed E-state index contributed by atoms with van der Waals surface area (Å²) < 4.78 is 5.19. The van der Waals surface area contributed by atoms with Crippen LogP contribution in [0.4, 0.5) is 0 Å². The molecule has 0 N–H and O–H groups in total. The van der Waals surface area contributed by atoms with Crippen molar-refractivity contribution in [3.05, 3.63) is 24.0 Å². The number of ether oxygens (including phenoxy) is 1. The van der Waals surface area contributed by atoms with E-state index in [4.69, 9.17) is 4.74 Å². The van der Waals surface area contributed by atoms with Gasteiger partial charge in [-0.1, -0.05) is 0 Å². The fraction of sp³-hybridized carbons (Fsp3) is 0.333. The van der Waals surface area contributed by atoms with Crippen molar-refractivity contribution in [3.8, 4) is 5.75 Å².